The molecule has 0 aliphatic carbocycles. The lowest BCUT2D eigenvalue weighted by Crippen LogP contribution is -2.17. The number of furan rings is 1. The Morgan fingerprint density at radius 3 is 2.68 bits per heavy atom. The maximum atomic E-state index is 11.9. The van der Waals surface area contributed by atoms with Crippen LogP contribution in [0.4, 0.5) is 5.69 Å². The van der Waals surface area contributed by atoms with E-state index in [1.807, 2.05) is 0 Å². The first-order valence-electron chi connectivity index (χ1n) is 5.13. The number of carbonyl (C=O) groups is 1. The Kier molecular flexibility index (Phi) is 4.24. The van der Waals surface area contributed by atoms with Gasteiger partial charge in [-0.1, -0.05) is 28.1 Å². The van der Waals surface area contributed by atoms with E-state index in [1.165, 1.54) is 12.1 Å². The van der Waals surface area contributed by atoms with E-state index >= 15 is 0 Å². The van der Waals surface area contributed by atoms with E-state index in [4.69, 9.17) is 34.0 Å². The summed E-state index contributed by atoms with van der Waals surface area (Å²) in [6.45, 7) is 0. The molecule has 1 amide bonds. The maximum absolute atomic E-state index is 11.9. The van der Waals surface area contributed by atoms with E-state index in [-0.39, 0.29) is 16.0 Å². The summed E-state index contributed by atoms with van der Waals surface area (Å²) in [6, 6.07) is 8.17. The predicted octanol–water partition coefficient (Wildman–Crippen LogP) is 3.58. The van der Waals surface area contributed by atoms with Crippen LogP contribution in [0.1, 0.15) is 16.1 Å². The summed E-state index contributed by atoms with van der Waals surface area (Å²) >= 11 is 13.9. The molecule has 0 atom stereocenters. The second-order valence-corrected chi connectivity index (χ2v) is 5.34. The van der Waals surface area contributed by atoms with Crippen molar-refractivity contribution in [3.05, 3.63) is 51.3 Å². The van der Waals surface area contributed by atoms with Gasteiger partial charge in [-0.3, -0.25) is 4.79 Å². The van der Waals surface area contributed by atoms with Crippen molar-refractivity contribution in [2.24, 2.45) is 5.73 Å². The number of anilines is 1. The largest absolute Gasteiger partial charge is 0.440 e. The Morgan fingerprint density at radius 1 is 1.37 bits per heavy atom. The summed E-state index contributed by atoms with van der Waals surface area (Å²) in [5.41, 5.74) is 6.69. The molecule has 0 spiro atoms. The van der Waals surface area contributed by atoms with Crippen molar-refractivity contribution >= 4 is 56.3 Å². The molecule has 0 radical (unpaired) electrons. The molecule has 1 aromatic heterocycles. The first-order valence-corrected chi connectivity index (χ1v) is 6.71. The van der Waals surface area contributed by atoms with E-state index in [0.717, 1.165) is 4.47 Å². The standard InChI is InChI=1S/C12H8BrClN2O2S/c13-6-1-2-8(7(5-6)11(15)19)16-12(17)9-3-4-10(14)18-9/h1-5H,(H2,15,19)(H,16,17). The summed E-state index contributed by atoms with van der Waals surface area (Å²) in [4.78, 5) is 12.1. The molecule has 0 aliphatic rings. The van der Waals surface area contributed by atoms with Gasteiger partial charge in [0.25, 0.3) is 5.91 Å². The highest BCUT2D eigenvalue weighted by atomic mass is 79.9. The monoisotopic (exact) mass is 358 g/mol. The molecule has 0 bridgehead atoms. The van der Waals surface area contributed by atoms with Crippen LogP contribution in [0, 0.1) is 0 Å². The third-order valence-corrected chi connectivity index (χ3v) is 3.21. The van der Waals surface area contributed by atoms with Crippen LogP contribution in [-0.2, 0) is 0 Å². The fraction of sp³-hybridized carbons (Fsp3) is 0. The van der Waals surface area contributed by atoms with Gasteiger partial charge in [0.2, 0.25) is 0 Å². The van der Waals surface area contributed by atoms with Crippen LogP contribution in [0.2, 0.25) is 5.22 Å². The Morgan fingerprint density at radius 2 is 2.11 bits per heavy atom. The lowest BCUT2D eigenvalue weighted by molar-refractivity contribution is 0.0997. The smallest absolute Gasteiger partial charge is 0.291 e. The van der Waals surface area contributed by atoms with Gasteiger partial charge in [-0.2, -0.15) is 0 Å². The van der Waals surface area contributed by atoms with E-state index in [1.54, 1.807) is 18.2 Å². The zero-order valence-corrected chi connectivity index (χ0v) is 12.6. The third-order valence-electron chi connectivity index (χ3n) is 2.29. The third kappa shape index (κ3) is 3.34. The minimum absolute atomic E-state index is 0.113. The van der Waals surface area contributed by atoms with Crippen molar-refractivity contribution in [3.63, 3.8) is 0 Å². The fourth-order valence-corrected chi connectivity index (χ4v) is 2.13. The van der Waals surface area contributed by atoms with Crippen LogP contribution in [-0.4, -0.2) is 10.9 Å². The lowest BCUT2D eigenvalue weighted by Gasteiger charge is -2.09. The van der Waals surface area contributed by atoms with Gasteiger partial charge < -0.3 is 15.5 Å². The molecule has 7 heteroatoms. The number of thiocarbonyl (C=S) groups is 1. The number of benzene rings is 1. The average molecular weight is 360 g/mol. The molecule has 0 saturated carbocycles. The van der Waals surface area contributed by atoms with Crippen LogP contribution in [0.25, 0.3) is 0 Å². The highest BCUT2D eigenvalue weighted by Gasteiger charge is 2.14. The number of carbonyl (C=O) groups excluding carboxylic acids is 1. The molecular weight excluding hydrogens is 352 g/mol. The molecule has 0 saturated heterocycles. The molecule has 2 rings (SSSR count). The first kappa shape index (κ1) is 14.0. The number of hydrogen-bond donors (Lipinski definition) is 2. The maximum Gasteiger partial charge on any atom is 0.291 e. The molecule has 19 heavy (non-hydrogen) atoms. The summed E-state index contributed by atoms with van der Waals surface area (Å²) in [7, 11) is 0. The van der Waals surface area contributed by atoms with Gasteiger partial charge in [0.1, 0.15) is 4.99 Å². The quantitative estimate of drug-likeness (QED) is 0.822. The summed E-state index contributed by atoms with van der Waals surface area (Å²) in [5.74, 6) is -0.312. The van der Waals surface area contributed by atoms with E-state index in [9.17, 15) is 4.79 Å². The van der Waals surface area contributed by atoms with E-state index in [2.05, 4.69) is 21.2 Å². The SMILES string of the molecule is NC(=S)c1cc(Br)ccc1NC(=O)c1ccc(Cl)o1. The van der Waals surface area contributed by atoms with E-state index < -0.39 is 5.91 Å². The molecule has 98 valence electrons. The fourth-order valence-electron chi connectivity index (χ4n) is 1.45. The summed E-state index contributed by atoms with van der Waals surface area (Å²) in [6.07, 6.45) is 0. The van der Waals surface area contributed by atoms with Crippen molar-refractivity contribution in [2.75, 3.05) is 5.32 Å². The van der Waals surface area contributed by atoms with Crippen molar-refractivity contribution in [1.29, 1.82) is 0 Å². The van der Waals surface area contributed by atoms with Gasteiger partial charge in [-0.15, -0.1) is 0 Å². The number of halogens is 2. The van der Waals surface area contributed by atoms with Crippen molar-refractivity contribution < 1.29 is 9.21 Å². The first-order chi connectivity index (χ1) is 8.97. The van der Waals surface area contributed by atoms with Gasteiger partial charge in [-0.05, 0) is 41.9 Å². The van der Waals surface area contributed by atoms with Gasteiger partial charge in [0, 0.05) is 10.0 Å². The summed E-state index contributed by atoms with van der Waals surface area (Å²) in [5, 5.41) is 2.82. The van der Waals surface area contributed by atoms with Gasteiger partial charge in [0.05, 0.1) is 5.69 Å². The summed E-state index contributed by atoms with van der Waals surface area (Å²) < 4.78 is 5.84. The molecular formula is C12H8BrClN2O2S. The zero-order chi connectivity index (χ0) is 14.0. The minimum Gasteiger partial charge on any atom is -0.440 e. The minimum atomic E-state index is -0.424. The Bertz CT molecular complexity index is 657. The zero-order valence-electron chi connectivity index (χ0n) is 9.44. The topological polar surface area (TPSA) is 68.3 Å². The molecule has 0 aliphatic heterocycles. The van der Waals surface area contributed by atoms with Crippen molar-refractivity contribution in [1.82, 2.24) is 0 Å². The second kappa shape index (κ2) is 5.73. The second-order valence-electron chi connectivity index (χ2n) is 3.61. The number of nitrogens with two attached hydrogens (primary N) is 1. The highest BCUT2D eigenvalue weighted by Crippen LogP contribution is 2.22. The van der Waals surface area contributed by atoms with Crippen LogP contribution in [0.3, 0.4) is 0 Å². The van der Waals surface area contributed by atoms with E-state index in [0.29, 0.717) is 11.3 Å². The lowest BCUT2D eigenvalue weighted by atomic mass is 10.1. The highest BCUT2D eigenvalue weighted by molar-refractivity contribution is 9.10. The van der Waals surface area contributed by atoms with Gasteiger partial charge in [0.15, 0.2) is 11.0 Å². The predicted molar refractivity (Wildman–Crippen MR) is 81.7 cm³/mol. The number of amides is 1. The number of nitrogens with one attached hydrogen (secondary N) is 1. The van der Waals surface area contributed by atoms with Crippen LogP contribution in [0.5, 0.6) is 0 Å². The molecule has 4 nitrogen and oxygen atoms in total. The molecule has 1 aromatic carbocycles. The van der Waals surface area contributed by atoms with Crippen LogP contribution in [0.15, 0.2) is 39.2 Å². The van der Waals surface area contributed by atoms with Crippen LogP contribution < -0.4 is 11.1 Å². The Labute approximate surface area is 128 Å². The van der Waals surface area contributed by atoms with Crippen LogP contribution >= 0.6 is 39.7 Å². The molecule has 3 N–H and O–H groups in total. The Balaban J connectivity index is 2.28. The molecule has 2 aromatic rings. The van der Waals surface area contributed by atoms with Gasteiger partial charge >= 0.3 is 0 Å². The van der Waals surface area contributed by atoms with Gasteiger partial charge in [-0.25, -0.2) is 0 Å². The van der Waals surface area contributed by atoms with Crippen molar-refractivity contribution in [3.8, 4) is 0 Å². The normalized spacial score (nSPS) is 10.2. The molecule has 0 unspecified atom stereocenters. The van der Waals surface area contributed by atoms with Crippen molar-refractivity contribution in [2.45, 2.75) is 0 Å². The number of hydrogen-bond acceptors (Lipinski definition) is 3. The number of rotatable bonds is 3. The Hall–Kier alpha value is -1.37. The average Bonchev–Trinajstić information content (AvgIpc) is 2.78. The molecule has 1 heterocycles. The molecule has 0 fully saturated rings.